The number of morpholine rings is 1. The summed E-state index contributed by atoms with van der Waals surface area (Å²) in [6.45, 7) is 3.45. The van der Waals surface area contributed by atoms with Gasteiger partial charge in [0.05, 0.1) is 18.4 Å². The van der Waals surface area contributed by atoms with E-state index in [2.05, 4.69) is 39.4 Å². The Morgan fingerprint density at radius 2 is 1.93 bits per heavy atom. The van der Waals surface area contributed by atoms with Crippen molar-refractivity contribution < 1.29 is 9.13 Å². The van der Waals surface area contributed by atoms with Crippen LogP contribution < -0.4 is 0 Å². The summed E-state index contributed by atoms with van der Waals surface area (Å²) in [5.41, 5.74) is 1.77. The van der Waals surface area contributed by atoms with Crippen molar-refractivity contribution in [1.82, 2.24) is 19.7 Å². The molecule has 7 heteroatoms. The normalized spacial score (nSPS) is 17.9. The lowest BCUT2D eigenvalue weighted by molar-refractivity contribution is -0.0187. The molecule has 140 valence electrons. The first-order chi connectivity index (χ1) is 13.3. The van der Waals surface area contributed by atoms with Gasteiger partial charge < -0.3 is 4.74 Å². The molecular formula is C20H21FN4OS. The fourth-order valence-electron chi connectivity index (χ4n) is 3.17. The second kappa shape index (κ2) is 8.65. The van der Waals surface area contributed by atoms with E-state index in [-0.39, 0.29) is 11.9 Å². The Kier molecular flexibility index (Phi) is 5.81. The second-order valence-corrected chi connectivity index (χ2v) is 7.45. The molecule has 1 aliphatic rings. The van der Waals surface area contributed by atoms with E-state index in [4.69, 9.17) is 4.74 Å². The molecule has 2 heterocycles. The monoisotopic (exact) mass is 384 g/mol. The Morgan fingerprint density at radius 3 is 2.78 bits per heavy atom. The largest absolute Gasteiger partial charge is 0.375 e. The van der Waals surface area contributed by atoms with Gasteiger partial charge in [-0.2, -0.15) is 0 Å². The minimum Gasteiger partial charge on any atom is -0.375 e. The van der Waals surface area contributed by atoms with Crippen LogP contribution in [-0.4, -0.2) is 51.2 Å². The van der Waals surface area contributed by atoms with Gasteiger partial charge in [0.2, 0.25) is 0 Å². The smallest absolute Gasteiger partial charge is 0.195 e. The average Bonchev–Trinajstić information content (AvgIpc) is 3.16. The van der Waals surface area contributed by atoms with Crippen LogP contribution in [-0.2, 0) is 11.3 Å². The highest BCUT2D eigenvalue weighted by atomic mass is 32.2. The lowest BCUT2D eigenvalue weighted by Crippen LogP contribution is -2.43. The van der Waals surface area contributed by atoms with E-state index in [1.165, 1.54) is 11.6 Å². The van der Waals surface area contributed by atoms with Gasteiger partial charge in [-0.05, 0) is 17.7 Å². The molecule has 0 amide bonds. The number of nitrogens with zero attached hydrogens (tertiary/aromatic N) is 4. The summed E-state index contributed by atoms with van der Waals surface area (Å²) in [5, 5.41) is 8.76. The number of hydrogen-bond donors (Lipinski definition) is 0. The second-order valence-electron chi connectivity index (χ2n) is 6.46. The highest BCUT2D eigenvalue weighted by Gasteiger charge is 2.22. The molecule has 1 unspecified atom stereocenters. The number of rotatable bonds is 6. The Balaban J connectivity index is 1.37. The zero-order chi connectivity index (χ0) is 18.5. The summed E-state index contributed by atoms with van der Waals surface area (Å²) < 4.78 is 21.7. The summed E-state index contributed by atoms with van der Waals surface area (Å²) in [5.74, 6) is 0.459. The lowest BCUT2D eigenvalue weighted by atomic mass is 10.2. The Labute approximate surface area is 162 Å². The molecule has 3 aromatic rings. The summed E-state index contributed by atoms with van der Waals surface area (Å²) >= 11 is 1.54. The van der Waals surface area contributed by atoms with Crippen LogP contribution in [0.5, 0.6) is 0 Å². The van der Waals surface area contributed by atoms with E-state index in [0.717, 1.165) is 32.0 Å². The van der Waals surface area contributed by atoms with Crippen molar-refractivity contribution in [2.45, 2.75) is 17.8 Å². The van der Waals surface area contributed by atoms with Gasteiger partial charge in [0.25, 0.3) is 0 Å². The third-order valence-corrected chi connectivity index (χ3v) is 5.57. The van der Waals surface area contributed by atoms with E-state index in [1.54, 1.807) is 40.9 Å². The Hall–Kier alpha value is -2.22. The first-order valence-corrected chi connectivity index (χ1v) is 9.94. The van der Waals surface area contributed by atoms with Crippen molar-refractivity contribution in [3.05, 3.63) is 72.3 Å². The van der Waals surface area contributed by atoms with Crippen molar-refractivity contribution in [3.63, 3.8) is 0 Å². The molecule has 0 radical (unpaired) electrons. The molecule has 5 nitrogen and oxygen atoms in total. The first kappa shape index (κ1) is 18.2. The van der Waals surface area contributed by atoms with Crippen LogP contribution in [0.3, 0.4) is 0 Å². The van der Waals surface area contributed by atoms with Crippen LogP contribution in [0.2, 0.25) is 0 Å². The number of thioether (sulfide) groups is 1. The molecular weight excluding hydrogens is 363 g/mol. The summed E-state index contributed by atoms with van der Waals surface area (Å²) in [7, 11) is 0. The number of hydrogen-bond acceptors (Lipinski definition) is 5. The number of benzene rings is 2. The van der Waals surface area contributed by atoms with Crippen molar-refractivity contribution in [2.75, 3.05) is 25.4 Å². The van der Waals surface area contributed by atoms with Crippen LogP contribution in [0.15, 0.2) is 66.1 Å². The van der Waals surface area contributed by atoms with Crippen molar-refractivity contribution >= 4 is 11.8 Å². The predicted molar refractivity (Wildman–Crippen MR) is 104 cm³/mol. The molecule has 0 saturated carbocycles. The maximum absolute atomic E-state index is 14.1. The van der Waals surface area contributed by atoms with Crippen LogP contribution >= 0.6 is 11.8 Å². The minimum atomic E-state index is -0.290. The average molecular weight is 384 g/mol. The van der Waals surface area contributed by atoms with Gasteiger partial charge in [0, 0.05) is 25.4 Å². The van der Waals surface area contributed by atoms with Gasteiger partial charge in [-0.1, -0.05) is 54.2 Å². The Bertz CT molecular complexity index is 873. The van der Waals surface area contributed by atoms with Crippen molar-refractivity contribution in [2.24, 2.45) is 0 Å². The minimum absolute atomic E-state index is 0.109. The molecule has 0 aliphatic carbocycles. The topological polar surface area (TPSA) is 43.2 Å². The van der Waals surface area contributed by atoms with E-state index in [1.807, 2.05) is 6.07 Å². The third kappa shape index (κ3) is 4.55. The van der Waals surface area contributed by atoms with Crippen LogP contribution in [0.25, 0.3) is 5.69 Å². The number of ether oxygens (including phenoxy) is 1. The molecule has 1 aliphatic heterocycles. The fourth-order valence-corrected chi connectivity index (χ4v) is 4.10. The maximum atomic E-state index is 14.1. The summed E-state index contributed by atoms with van der Waals surface area (Å²) in [4.78, 5) is 2.41. The van der Waals surface area contributed by atoms with Crippen molar-refractivity contribution in [1.29, 1.82) is 0 Å². The molecule has 1 saturated heterocycles. The van der Waals surface area contributed by atoms with E-state index < -0.39 is 0 Å². The van der Waals surface area contributed by atoms with Crippen molar-refractivity contribution in [3.8, 4) is 5.69 Å². The molecule has 0 spiro atoms. The first-order valence-electron chi connectivity index (χ1n) is 8.95. The van der Waals surface area contributed by atoms with Gasteiger partial charge in [0.1, 0.15) is 12.1 Å². The van der Waals surface area contributed by atoms with Gasteiger partial charge in [-0.25, -0.2) is 4.39 Å². The number of aromatic nitrogens is 3. The zero-order valence-electron chi connectivity index (χ0n) is 14.9. The van der Waals surface area contributed by atoms with Gasteiger partial charge >= 0.3 is 0 Å². The van der Waals surface area contributed by atoms with E-state index >= 15 is 0 Å². The quantitative estimate of drug-likeness (QED) is 0.610. The predicted octanol–water partition coefficient (Wildman–Crippen LogP) is 3.40. The molecule has 1 aromatic heterocycles. The van der Waals surface area contributed by atoms with E-state index in [9.17, 15) is 4.39 Å². The number of halogens is 1. The molecule has 4 rings (SSSR count). The van der Waals surface area contributed by atoms with Crippen LogP contribution in [0.4, 0.5) is 4.39 Å². The fraction of sp³-hybridized carbons (Fsp3) is 0.300. The summed E-state index contributed by atoms with van der Waals surface area (Å²) in [6.07, 6.45) is 1.66. The lowest BCUT2D eigenvalue weighted by Gasteiger charge is -2.32. The highest BCUT2D eigenvalue weighted by molar-refractivity contribution is 7.99. The molecule has 27 heavy (non-hydrogen) atoms. The molecule has 2 aromatic carbocycles. The molecule has 1 atom stereocenters. The van der Waals surface area contributed by atoms with Gasteiger partial charge in [0.15, 0.2) is 5.16 Å². The molecule has 1 fully saturated rings. The van der Waals surface area contributed by atoms with E-state index in [0.29, 0.717) is 10.8 Å². The number of para-hydroxylation sites is 1. The summed E-state index contributed by atoms with van der Waals surface area (Å²) in [6, 6.07) is 17.1. The van der Waals surface area contributed by atoms with Gasteiger partial charge in [-0.15, -0.1) is 10.2 Å². The third-order valence-electron chi connectivity index (χ3n) is 4.50. The van der Waals surface area contributed by atoms with Crippen LogP contribution in [0.1, 0.15) is 5.56 Å². The van der Waals surface area contributed by atoms with Crippen LogP contribution in [0, 0.1) is 5.82 Å². The SMILES string of the molecule is Fc1ccccc1-n1cnnc1SCC1CN(Cc2ccccc2)CCO1. The molecule has 0 N–H and O–H groups in total. The maximum Gasteiger partial charge on any atom is 0.195 e. The standard InChI is InChI=1S/C20H21FN4OS/c21-18-8-4-5-9-19(18)25-15-22-23-20(25)27-14-17-13-24(10-11-26-17)12-16-6-2-1-3-7-16/h1-9,15,17H,10-14H2. The molecule has 0 bridgehead atoms. The zero-order valence-corrected chi connectivity index (χ0v) is 15.7. The van der Waals surface area contributed by atoms with Gasteiger partial charge in [-0.3, -0.25) is 9.47 Å². The highest BCUT2D eigenvalue weighted by Crippen LogP contribution is 2.23. The Morgan fingerprint density at radius 1 is 1.11 bits per heavy atom.